The van der Waals surface area contributed by atoms with E-state index in [1.165, 1.54) is 19.1 Å². The maximum Gasteiger partial charge on any atom is 0.416 e. The van der Waals surface area contributed by atoms with Crippen molar-refractivity contribution >= 4 is 15.7 Å². The summed E-state index contributed by atoms with van der Waals surface area (Å²) < 4.78 is 59.1. The van der Waals surface area contributed by atoms with Gasteiger partial charge in [0.1, 0.15) is 0 Å². The number of hydrogen-bond acceptors (Lipinski definition) is 3. The van der Waals surface area contributed by atoms with Gasteiger partial charge < -0.3 is 5.32 Å². The number of sulfonamides is 1. The lowest BCUT2D eigenvalue weighted by Gasteiger charge is -2.13. The number of halogens is 3. The lowest BCUT2D eigenvalue weighted by Crippen LogP contribution is -2.22. The molecule has 0 aliphatic carbocycles. The van der Waals surface area contributed by atoms with E-state index >= 15 is 0 Å². The van der Waals surface area contributed by atoms with Crippen molar-refractivity contribution < 1.29 is 21.6 Å². The van der Waals surface area contributed by atoms with Crippen molar-refractivity contribution in [2.24, 2.45) is 5.14 Å². The van der Waals surface area contributed by atoms with Gasteiger partial charge in [-0.1, -0.05) is 6.07 Å². The van der Waals surface area contributed by atoms with Crippen LogP contribution in [0.5, 0.6) is 0 Å². The average Bonchev–Trinajstić information content (AvgIpc) is 2.17. The van der Waals surface area contributed by atoms with E-state index in [0.717, 1.165) is 6.07 Å². The summed E-state index contributed by atoms with van der Waals surface area (Å²) in [6, 6.07) is 3.72. The van der Waals surface area contributed by atoms with E-state index in [-0.39, 0.29) is 23.5 Å². The summed E-state index contributed by atoms with van der Waals surface area (Å²) in [7, 11) is -3.63. The maximum absolute atomic E-state index is 12.6. The van der Waals surface area contributed by atoms with Crippen LogP contribution in [-0.2, 0) is 16.2 Å². The quantitative estimate of drug-likeness (QED) is 0.883. The van der Waals surface area contributed by atoms with Crippen LogP contribution in [0.3, 0.4) is 0 Å². The maximum atomic E-state index is 12.6. The normalized spacial score (nSPS) is 12.5. The molecule has 1 aromatic rings. The smallest absolute Gasteiger partial charge is 0.384 e. The fourth-order valence-corrected chi connectivity index (χ4v) is 1.76. The minimum atomic E-state index is -4.43. The fourth-order valence-electron chi connectivity index (χ4n) is 1.37. The van der Waals surface area contributed by atoms with E-state index in [1.807, 2.05) is 0 Å². The molecule has 0 amide bonds. The number of benzene rings is 1. The summed E-state index contributed by atoms with van der Waals surface area (Å²) in [5.74, 6) is -0.345. The van der Waals surface area contributed by atoms with Gasteiger partial charge in [-0.05, 0) is 24.6 Å². The van der Waals surface area contributed by atoms with Crippen molar-refractivity contribution in [3.05, 3.63) is 29.3 Å². The Labute approximate surface area is 103 Å². The van der Waals surface area contributed by atoms with Crippen molar-refractivity contribution in [2.45, 2.75) is 13.1 Å². The highest BCUT2D eigenvalue weighted by molar-refractivity contribution is 7.89. The Morgan fingerprint density at radius 1 is 1.33 bits per heavy atom. The molecule has 0 bridgehead atoms. The van der Waals surface area contributed by atoms with Crippen LogP contribution in [-0.4, -0.2) is 20.7 Å². The Bertz CT molecular complexity index is 526. The highest BCUT2D eigenvalue weighted by Gasteiger charge is 2.32. The summed E-state index contributed by atoms with van der Waals surface area (Å²) in [6.45, 7) is 1.32. The Kier molecular flexibility index (Phi) is 4.23. The Morgan fingerprint density at radius 3 is 2.44 bits per heavy atom. The molecule has 18 heavy (non-hydrogen) atoms. The lowest BCUT2D eigenvalue weighted by molar-refractivity contribution is -0.138. The highest BCUT2D eigenvalue weighted by atomic mass is 32.2. The van der Waals surface area contributed by atoms with Gasteiger partial charge >= 0.3 is 6.18 Å². The molecule has 0 saturated carbocycles. The number of hydrogen-bond donors (Lipinski definition) is 2. The monoisotopic (exact) mass is 282 g/mol. The largest absolute Gasteiger partial charge is 0.416 e. The van der Waals surface area contributed by atoms with Crippen molar-refractivity contribution in [1.29, 1.82) is 0 Å². The van der Waals surface area contributed by atoms with Crippen LogP contribution in [0.2, 0.25) is 0 Å². The van der Waals surface area contributed by atoms with Crippen LogP contribution < -0.4 is 10.5 Å². The van der Waals surface area contributed by atoms with Gasteiger partial charge in [0.05, 0.1) is 11.3 Å². The third-order valence-electron chi connectivity index (χ3n) is 2.26. The molecule has 0 aromatic heterocycles. The number of rotatable bonds is 4. The summed E-state index contributed by atoms with van der Waals surface area (Å²) in [5.41, 5.74) is -0.431. The predicted octanol–water partition coefficient (Wildman–Crippen LogP) is 1.71. The molecular weight excluding hydrogens is 269 g/mol. The Morgan fingerprint density at radius 2 is 1.94 bits per heavy atom. The molecule has 0 atom stereocenters. The zero-order valence-electron chi connectivity index (χ0n) is 9.58. The van der Waals surface area contributed by atoms with E-state index in [4.69, 9.17) is 5.14 Å². The molecule has 4 nitrogen and oxygen atoms in total. The molecule has 3 N–H and O–H groups in total. The number of nitrogens with one attached hydrogen (secondary N) is 1. The second-order valence-corrected chi connectivity index (χ2v) is 5.56. The molecule has 0 saturated heterocycles. The van der Waals surface area contributed by atoms with E-state index in [2.05, 4.69) is 5.32 Å². The first-order chi connectivity index (χ1) is 8.09. The molecule has 0 spiro atoms. The number of alkyl halides is 3. The molecule has 0 aliphatic heterocycles. The summed E-state index contributed by atoms with van der Waals surface area (Å²) in [5, 5.41) is 7.36. The molecule has 8 heteroatoms. The summed E-state index contributed by atoms with van der Waals surface area (Å²) in [6.07, 6.45) is -4.43. The first kappa shape index (κ1) is 14.8. The molecular formula is C10H13F3N2O2S. The van der Waals surface area contributed by atoms with E-state index in [9.17, 15) is 21.6 Å². The molecule has 0 unspecified atom stereocenters. The third kappa shape index (κ3) is 4.53. The lowest BCUT2D eigenvalue weighted by atomic mass is 10.1. The number of anilines is 1. The predicted molar refractivity (Wildman–Crippen MR) is 62.6 cm³/mol. The van der Waals surface area contributed by atoms with E-state index in [1.54, 1.807) is 0 Å². The zero-order chi connectivity index (χ0) is 14.0. The van der Waals surface area contributed by atoms with Gasteiger partial charge in [0.2, 0.25) is 10.0 Å². The first-order valence-corrected chi connectivity index (χ1v) is 6.73. The van der Waals surface area contributed by atoms with Gasteiger partial charge in [0, 0.05) is 12.2 Å². The molecule has 1 rings (SSSR count). The standard InChI is InChI=1S/C10H13F3N2O2S/c1-7-2-3-8(6-9(7)10(11,12)13)15-4-5-18(14,16)17/h2-3,6,15H,4-5H2,1H3,(H2,14,16,17). The summed E-state index contributed by atoms with van der Waals surface area (Å²) >= 11 is 0. The third-order valence-corrected chi connectivity index (χ3v) is 3.03. The minimum Gasteiger partial charge on any atom is -0.384 e. The van der Waals surface area contributed by atoms with E-state index in [0.29, 0.717) is 0 Å². The van der Waals surface area contributed by atoms with Gasteiger partial charge in [0.25, 0.3) is 0 Å². The zero-order valence-corrected chi connectivity index (χ0v) is 10.4. The van der Waals surface area contributed by atoms with Gasteiger partial charge in [-0.15, -0.1) is 0 Å². The first-order valence-electron chi connectivity index (χ1n) is 5.02. The molecule has 102 valence electrons. The molecule has 1 aromatic carbocycles. The SMILES string of the molecule is Cc1ccc(NCCS(N)(=O)=O)cc1C(F)(F)F. The van der Waals surface area contributed by atoms with Crippen LogP contribution >= 0.6 is 0 Å². The van der Waals surface area contributed by atoms with Crippen molar-refractivity contribution in [3.63, 3.8) is 0 Å². The summed E-state index contributed by atoms with van der Waals surface area (Å²) in [4.78, 5) is 0. The Hall–Kier alpha value is -1.28. The van der Waals surface area contributed by atoms with Gasteiger partial charge in [-0.25, -0.2) is 13.6 Å². The van der Waals surface area contributed by atoms with Gasteiger partial charge in [0.15, 0.2) is 0 Å². The van der Waals surface area contributed by atoms with Crippen LogP contribution in [0.15, 0.2) is 18.2 Å². The number of primary sulfonamides is 1. The van der Waals surface area contributed by atoms with Crippen LogP contribution in [0.25, 0.3) is 0 Å². The molecule has 0 fully saturated rings. The second kappa shape index (κ2) is 5.15. The van der Waals surface area contributed by atoms with Gasteiger partial charge in [-0.2, -0.15) is 13.2 Å². The fraction of sp³-hybridized carbons (Fsp3) is 0.400. The second-order valence-electron chi connectivity index (χ2n) is 3.82. The topological polar surface area (TPSA) is 72.2 Å². The molecule has 0 aliphatic rings. The molecule has 0 heterocycles. The van der Waals surface area contributed by atoms with Crippen LogP contribution in [0.1, 0.15) is 11.1 Å². The van der Waals surface area contributed by atoms with Gasteiger partial charge in [-0.3, -0.25) is 0 Å². The Balaban J connectivity index is 2.80. The number of aryl methyl sites for hydroxylation is 1. The minimum absolute atomic E-state index is 0.0425. The van der Waals surface area contributed by atoms with Crippen molar-refractivity contribution in [1.82, 2.24) is 0 Å². The average molecular weight is 282 g/mol. The van der Waals surface area contributed by atoms with Crippen molar-refractivity contribution in [3.8, 4) is 0 Å². The van der Waals surface area contributed by atoms with Crippen LogP contribution in [0, 0.1) is 6.92 Å². The molecule has 0 radical (unpaired) electrons. The van der Waals surface area contributed by atoms with Crippen LogP contribution in [0.4, 0.5) is 18.9 Å². The number of nitrogens with two attached hydrogens (primary N) is 1. The highest BCUT2D eigenvalue weighted by Crippen LogP contribution is 2.33. The van der Waals surface area contributed by atoms with E-state index < -0.39 is 21.8 Å². The van der Waals surface area contributed by atoms with Crippen molar-refractivity contribution in [2.75, 3.05) is 17.6 Å².